The Labute approximate surface area is 90.9 Å². The molecule has 0 saturated heterocycles. The van der Waals surface area contributed by atoms with Crippen LogP contribution in [0.3, 0.4) is 0 Å². The van der Waals surface area contributed by atoms with Gasteiger partial charge >= 0.3 is 5.97 Å². The molecule has 1 aromatic rings. The van der Waals surface area contributed by atoms with Crippen molar-refractivity contribution >= 4 is 5.97 Å². The van der Waals surface area contributed by atoms with Gasteiger partial charge in [-0.15, -0.1) is 0 Å². The summed E-state index contributed by atoms with van der Waals surface area (Å²) in [5.74, 6) is -0.729. The number of aryl methyl sites for hydroxylation is 3. The molecule has 0 aromatic heterocycles. The molecule has 0 fully saturated rings. The van der Waals surface area contributed by atoms with Gasteiger partial charge in [0.1, 0.15) is 0 Å². The monoisotopic (exact) mass is 206 g/mol. The van der Waals surface area contributed by atoms with Crippen LogP contribution in [0.2, 0.25) is 0 Å². The van der Waals surface area contributed by atoms with Crippen LogP contribution < -0.4 is 0 Å². The summed E-state index contributed by atoms with van der Waals surface area (Å²) in [7, 11) is 0. The Morgan fingerprint density at radius 1 is 1.20 bits per heavy atom. The van der Waals surface area contributed by atoms with Crippen LogP contribution >= 0.6 is 0 Å². The molecule has 0 unspecified atom stereocenters. The topological polar surface area (TPSA) is 37.3 Å². The molecule has 0 amide bonds. The normalized spacial score (nSPS) is 10.3. The minimum absolute atomic E-state index is 0.217. The average Bonchev–Trinajstić information content (AvgIpc) is 2.25. The van der Waals surface area contributed by atoms with Gasteiger partial charge in [-0.25, -0.2) is 0 Å². The zero-order chi connectivity index (χ0) is 11.3. The van der Waals surface area contributed by atoms with Crippen LogP contribution in [0, 0.1) is 0 Å². The Kier molecular flexibility index (Phi) is 4.35. The van der Waals surface area contributed by atoms with Crippen LogP contribution in [0.15, 0.2) is 18.2 Å². The number of aliphatic carboxylic acids is 1. The van der Waals surface area contributed by atoms with E-state index < -0.39 is 5.97 Å². The molecule has 0 aliphatic carbocycles. The van der Waals surface area contributed by atoms with Gasteiger partial charge in [-0.1, -0.05) is 32.0 Å². The van der Waals surface area contributed by atoms with Crippen LogP contribution in [0.1, 0.15) is 37.0 Å². The lowest BCUT2D eigenvalue weighted by atomic mass is 9.98. The third kappa shape index (κ3) is 3.39. The molecule has 0 aliphatic rings. The van der Waals surface area contributed by atoms with Crippen molar-refractivity contribution in [3.05, 3.63) is 34.9 Å². The summed E-state index contributed by atoms with van der Waals surface area (Å²) in [5.41, 5.74) is 3.85. The Hall–Kier alpha value is -1.31. The molecule has 0 heterocycles. The maximum atomic E-state index is 10.5. The van der Waals surface area contributed by atoms with Crippen molar-refractivity contribution in [2.75, 3.05) is 0 Å². The second kappa shape index (κ2) is 5.54. The van der Waals surface area contributed by atoms with Gasteiger partial charge in [0.2, 0.25) is 0 Å². The van der Waals surface area contributed by atoms with E-state index in [1.54, 1.807) is 0 Å². The first-order chi connectivity index (χ1) is 7.17. The van der Waals surface area contributed by atoms with Gasteiger partial charge in [0.05, 0.1) is 0 Å². The van der Waals surface area contributed by atoms with Crippen molar-refractivity contribution in [2.24, 2.45) is 0 Å². The van der Waals surface area contributed by atoms with E-state index >= 15 is 0 Å². The smallest absolute Gasteiger partial charge is 0.303 e. The maximum Gasteiger partial charge on any atom is 0.303 e. The second-order valence-electron chi connectivity index (χ2n) is 3.70. The number of hydrogen-bond donors (Lipinski definition) is 1. The summed E-state index contributed by atoms with van der Waals surface area (Å²) in [4.78, 5) is 10.5. The zero-order valence-corrected chi connectivity index (χ0v) is 9.42. The predicted octanol–water partition coefficient (Wildman–Crippen LogP) is 2.83. The summed E-state index contributed by atoms with van der Waals surface area (Å²) in [5, 5.41) is 8.60. The summed E-state index contributed by atoms with van der Waals surface area (Å²) >= 11 is 0. The van der Waals surface area contributed by atoms with Crippen molar-refractivity contribution < 1.29 is 9.90 Å². The molecule has 15 heavy (non-hydrogen) atoms. The van der Waals surface area contributed by atoms with Gasteiger partial charge in [0, 0.05) is 6.42 Å². The molecule has 0 radical (unpaired) electrons. The third-order valence-corrected chi connectivity index (χ3v) is 2.66. The fraction of sp³-hybridized carbons (Fsp3) is 0.462. The summed E-state index contributed by atoms with van der Waals surface area (Å²) < 4.78 is 0. The van der Waals surface area contributed by atoms with Crippen LogP contribution in [0.5, 0.6) is 0 Å². The first-order valence-electron chi connectivity index (χ1n) is 5.49. The molecule has 82 valence electrons. The van der Waals surface area contributed by atoms with Gasteiger partial charge in [-0.05, 0) is 36.0 Å². The van der Waals surface area contributed by atoms with Crippen LogP contribution in [-0.2, 0) is 24.1 Å². The molecule has 1 rings (SSSR count). The number of carboxylic acids is 1. The molecule has 2 nitrogen and oxygen atoms in total. The third-order valence-electron chi connectivity index (χ3n) is 2.66. The van der Waals surface area contributed by atoms with E-state index in [1.807, 2.05) is 6.07 Å². The maximum absolute atomic E-state index is 10.5. The van der Waals surface area contributed by atoms with E-state index in [-0.39, 0.29) is 6.42 Å². The van der Waals surface area contributed by atoms with E-state index in [0.717, 1.165) is 18.4 Å². The van der Waals surface area contributed by atoms with Crippen molar-refractivity contribution in [1.82, 2.24) is 0 Å². The highest BCUT2D eigenvalue weighted by Gasteiger charge is 2.03. The van der Waals surface area contributed by atoms with Crippen molar-refractivity contribution in [3.8, 4) is 0 Å². The molecule has 0 spiro atoms. The van der Waals surface area contributed by atoms with Gasteiger partial charge in [0.15, 0.2) is 0 Å². The molecule has 1 N–H and O–H groups in total. The Morgan fingerprint density at radius 2 is 1.87 bits per heavy atom. The summed E-state index contributed by atoms with van der Waals surface area (Å²) in [6, 6.07) is 6.30. The molecule has 0 saturated carbocycles. The fourth-order valence-electron chi connectivity index (χ4n) is 1.76. The molecular weight excluding hydrogens is 188 g/mol. The number of benzene rings is 1. The Bertz CT molecular complexity index is 342. The second-order valence-corrected chi connectivity index (χ2v) is 3.70. The molecule has 1 aromatic carbocycles. The minimum Gasteiger partial charge on any atom is -0.481 e. The van der Waals surface area contributed by atoms with E-state index in [0.29, 0.717) is 6.42 Å². The largest absolute Gasteiger partial charge is 0.481 e. The molecule has 2 heteroatoms. The SMILES string of the molecule is CCc1ccc(CCC(=O)O)cc1CC. The quantitative estimate of drug-likeness (QED) is 0.804. The van der Waals surface area contributed by atoms with Crippen molar-refractivity contribution in [1.29, 1.82) is 0 Å². The highest BCUT2D eigenvalue weighted by molar-refractivity contribution is 5.67. The van der Waals surface area contributed by atoms with E-state index in [9.17, 15) is 4.79 Å². The standard InChI is InChI=1S/C13H18O2/c1-3-11-7-5-10(6-8-13(14)15)9-12(11)4-2/h5,7,9H,3-4,6,8H2,1-2H3,(H,14,15). The fourth-order valence-corrected chi connectivity index (χ4v) is 1.76. The number of hydrogen-bond acceptors (Lipinski definition) is 1. The van der Waals surface area contributed by atoms with Crippen LogP contribution in [-0.4, -0.2) is 11.1 Å². The number of rotatable bonds is 5. The highest BCUT2D eigenvalue weighted by atomic mass is 16.4. The average molecular weight is 206 g/mol. The molecule has 0 aliphatic heterocycles. The first kappa shape index (κ1) is 11.8. The predicted molar refractivity (Wildman–Crippen MR) is 61.2 cm³/mol. The molecule has 0 bridgehead atoms. The van der Waals surface area contributed by atoms with Gasteiger partial charge < -0.3 is 5.11 Å². The van der Waals surface area contributed by atoms with Crippen molar-refractivity contribution in [3.63, 3.8) is 0 Å². The Balaban J connectivity index is 2.78. The van der Waals surface area contributed by atoms with Crippen molar-refractivity contribution in [2.45, 2.75) is 39.5 Å². The minimum atomic E-state index is -0.729. The number of carbonyl (C=O) groups is 1. The highest BCUT2D eigenvalue weighted by Crippen LogP contribution is 2.14. The van der Waals surface area contributed by atoms with E-state index in [2.05, 4.69) is 26.0 Å². The lowest BCUT2D eigenvalue weighted by Gasteiger charge is -2.08. The zero-order valence-electron chi connectivity index (χ0n) is 9.42. The van der Waals surface area contributed by atoms with Gasteiger partial charge in [-0.3, -0.25) is 4.79 Å². The van der Waals surface area contributed by atoms with Crippen LogP contribution in [0.25, 0.3) is 0 Å². The summed E-state index contributed by atoms with van der Waals surface area (Å²) in [6.45, 7) is 4.28. The van der Waals surface area contributed by atoms with E-state index in [4.69, 9.17) is 5.11 Å². The van der Waals surface area contributed by atoms with Crippen LogP contribution in [0.4, 0.5) is 0 Å². The number of carboxylic acid groups (broad SMARTS) is 1. The molecule has 0 atom stereocenters. The van der Waals surface area contributed by atoms with E-state index in [1.165, 1.54) is 11.1 Å². The lowest BCUT2D eigenvalue weighted by Crippen LogP contribution is -1.99. The summed E-state index contributed by atoms with van der Waals surface area (Å²) in [6.07, 6.45) is 2.91. The Morgan fingerprint density at radius 3 is 2.40 bits per heavy atom. The first-order valence-corrected chi connectivity index (χ1v) is 5.49. The van der Waals surface area contributed by atoms with Gasteiger partial charge in [-0.2, -0.15) is 0 Å². The lowest BCUT2D eigenvalue weighted by molar-refractivity contribution is -0.136. The van der Waals surface area contributed by atoms with Gasteiger partial charge in [0.25, 0.3) is 0 Å². The molecular formula is C13H18O2.